The molecular weight excluding hydrogens is 508 g/mol. The van der Waals surface area contributed by atoms with Gasteiger partial charge in [0.05, 0.1) is 16.4 Å². The molecule has 0 spiro atoms. The maximum Gasteiger partial charge on any atom is 0.269 e. The van der Waals surface area contributed by atoms with Gasteiger partial charge in [0.15, 0.2) is 5.13 Å². The highest BCUT2D eigenvalue weighted by Crippen LogP contribution is 2.27. The standard InChI is InChI=1S/C24H17ClN4O4S2/c25-17-8-4-15(5-9-17)21-13-35-24(27-21)28-22(30)14-34-20-3-1-2-18(12-20)26-23(31)16-6-10-19(11-7-16)29(32)33/h1-13H,14H2,(H,26,31)(H,27,28,30). The number of thioether (sulfide) groups is 1. The lowest BCUT2D eigenvalue weighted by Crippen LogP contribution is -2.14. The molecule has 35 heavy (non-hydrogen) atoms. The van der Waals surface area contributed by atoms with Crippen molar-refractivity contribution in [3.63, 3.8) is 0 Å². The summed E-state index contributed by atoms with van der Waals surface area (Å²) in [6.45, 7) is 0. The summed E-state index contributed by atoms with van der Waals surface area (Å²) in [6.07, 6.45) is 0. The first-order chi connectivity index (χ1) is 16.9. The number of benzene rings is 3. The molecule has 0 fully saturated rings. The molecule has 1 heterocycles. The van der Waals surface area contributed by atoms with Crippen molar-refractivity contribution in [3.05, 3.63) is 98.9 Å². The van der Waals surface area contributed by atoms with Gasteiger partial charge in [0, 0.05) is 44.2 Å². The third-order valence-corrected chi connectivity index (χ3v) is 6.70. The number of carbonyl (C=O) groups is 2. The Hall–Kier alpha value is -3.73. The van der Waals surface area contributed by atoms with Gasteiger partial charge in [-0.25, -0.2) is 4.98 Å². The van der Waals surface area contributed by atoms with E-state index in [9.17, 15) is 19.7 Å². The van der Waals surface area contributed by atoms with E-state index in [1.54, 1.807) is 30.3 Å². The lowest BCUT2D eigenvalue weighted by Gasteiger charge is -2.07. The molecule has 0 atom stereocenters. The predicted molar refractivity (Wildman–Crippen MR) is 139 cm³/mol. The maximum atomic E-state index is 12.4. The number of anilines is 2. The van der Waals surface area contributed by atoms with Gasteiger partial charge < -0.3 is 10.6 Å². The fourth-order valence-electron chi connectivity index (χ4n) is 2.99. The van der Waals surface area contributed by atoms with E-state index in [1.807, 2.05) is 23.6 Å². The molecule has 8 nitrogen and oxygen atoms in total. The summed E-state index contributed by atoms with van der Waals surface area (Å²) < 4.78 is 0. The van der Waals surface area contributed by atoms with Crippen molar-refractivity contribution in [3.8, 4) is 11.3 Å². The van der Waals surface area contributed by atoms with E-state index in [-0.39, 0.29) is 23.3 Å². The van der Waals surface area contributed by atoms with E-state index in [0.29, 0.717) is 21.4 Å². The molecule has 11 heteroatoms. The van der Waals surface area contributed by atoms with Gasteiger partial charge >= 0.3 is 0 Å². The number of hydrogen-bond donors (Lipinski definition) is 2. The first-order valence-electron chi connectivity index (χ1n) is 10.2. The number of nitrogens with one attached hydrogen (secondary N) is 2. The highest BCUT2D eigenvalue weighted by molar-refractivity contribution is 8.00. The van der Waals surface area contributed by atoms with Crippen LogP contribution >= 0.6 is 34.7 Å². The van der Waals surface area contributed by atoms with Crippen molar-refractivity contribution in [1.82, 2.24) is 4.98 Å². The van der Waals surface area contributed by atoms with Gasteiger partial charge in [-0.2, -0.15) is 0 Å². The largest absolute Gasteiger partial charge is 0.322 e. The van der Waals surface area contributed by atoms with Gasteiger partial charge in [0.2, 0.25) is 5.91 Å². The molecule has 0 bridgehead atoms. The summed E-state index contributed by atoms with van der Waals surface area (Å²) in [5, 5.41) is 19.3. The topological polar surface area (TPSA) is 114 Å². The molecule has 0 saturated heterocycles. The van der Waals surface area contributed by atoms with Crippen LogP contribution in [0.5, 0.6) is 0 Å². The first kappa shape index (κ1) is 24.4. The van der Waals surface area contributed by atoms with Crippen LogP contribution in [0.15, 0.2) is 83.1 Å². The second kappa shape index (κ2) is 11.1. The number of non-ortho nitro benzene ring substituents is 1. The van der Waals surface area contributed by atoms with Crippen molar-refractivity contribution in [2.24, 2.45) is 0 Å². The number of nitro groups is 1. The van der Waals surface area contributed by atoms with Crippen LogP contribution in [0.25, 0.3) is 11.3 Å². The Bertz CT molecular complexity index is 1380. The number of carbonyl (C=O) groups excluding carboxylic acids is 2. The van der Waals surface area contributed by atoms with Crippen LogP contribution in [0.1, 0.15) is 10.4 Å². The van der Waals surface area contributed by atoms with Crippen LogP contribution in [-0.4, -0.2) is 27.5 Å². The van der Waals surface area contributed by atoms with Crippen molar-refractivity contribution in [1.29, 1.82) is 0 Å². The summed E-state index contributed by atoms with van der Waals surface area (Å²) in [5.41, 5.74) is 2.43. The van der Waals surface area contributed by atoms with Crippen LogP contribution in [-0.2, 0) is 4.79 Å². The third-order valence-electron chi connectivity index (χ3n) is 4.69. The molecule has 176 valence electrons. The second-order valence-corrected chi connectivity index (χ2v) is 9.51. The molecule has 2 amide bonds. The number of aromatic nitrogens is 1. The summed E-state index contributed by atoms with van der Waals surface area (Å²) >= 11 is 8.57. The highest BCUT2D eigenvalue weighted by atomic mass is 35.5. The van der Waals surface area contributed by atoms with Gasteiger partial charge in [-0.1, -0.05) is 29.8 Å². The fourth-order valence-corrected chi connectivity index (χ4v) is 4.61. The van der Waals surface area contributed by atoms with E-state index in [2.05, 4.69) is 15.6 Å². The Morgan fingerprint density at radius 3 is 2.49 bits per heavy atom. The van der Waals surface area contributed by atoms with Crippen LogP contribution in [0.3, 0.4) is 0 Å². The quantitative estimate of drug-likeness (QED) is 0.157. The second-order valence-electron chi connectivity index (χ2n) is 7.17. The molecule has 0 aliphatic carbocycles. The minimum atomic E-state index is -0.522. The monoisotopic (exact) mass is 524 g/mol. The Labute approximate surface area is 213 Å². The van der Waals surface area contributed by atoms with Crippen LogP contribution < -0.4 is 10.6 Å². The minimum absolute atomic E-state index is 0.0859. The van der Waals surface area contributed by atoms with Crippen molar-refractivity contribution < 1.29 is 14.5 Å². The summed E-state index contributed by atoms with van der Waals surface area (Å²) in [7, 11) is 0. The average molecular weight is 525 g/mol. The van der Waals surface area contributed by atoms with Gasteiger partial charge in [-0.15, -0.1) is 23.1 Å². The Morgan fingerprint density at radius 1 is 1.03 bits per heavy atom. The Balaban J connectivity index is 1.31. The molecule has 0 aliphatic heterocycles. The lowest BCUT2D eigenvalue weighted by atomic mass is 10.2. The maximum absolute atomic E-state index is 12.4. The molecule has 2 N–H and O–H groups in total. The van der Waals surface area contributed by atoms with Gasteiger partial charge in [0.1, 0.15) is 0 Å². The molecule has 4 aromatic rings. The number of rotatable bonds is 8. The predicted octanol–water partition coefficient (Wildman–Crippen LogP) is 6.35. The normalized spacial score (nSPS) is 10.5. The zero-order chi connectivity index (χ0) is 24.8. The number of nitrogens with zero attached hydrogens (tertiary/aromatic N) is 2. The van der Waals surface area contributed by atoms with Gasteiger partial charge in [-0.3, -0.25) is 19.7 Å². The number of amides is 2. The van der Waals surface area contributed by atoms with Gasteiger partial charge in [-0.05, 0) is 42.5 Å². The molecule has 1 aromatic heterocycles. The van der Waals surface area contributed by atoms with Crippen molar-refractivity contribution in [2.45, 2.75) is 4.90 Å². The first-order valence-corrected chi connectivity index (χ1v) is 12.4. The number of thiazole rings is 1. The van der Waals surface area contributed by atoms with Crippen LogP contribution in [0, 0.1) is 10.1 Å². The molecular formula is C24H17ClN4O4S2. The zero-order valence-electron chi connectivity index (χ0n) is 17.9. The SMILES string of the molecule is O=C(CSc1cccc(NC(=O)c2ccc([N+](=O)[O-])cc2)c1)Nc1nc(-c2ccc(Cl)cc2)cs1. The lowest BCUT2D eigenvalue weighted by molar-refractivity contribution is -0.384. The van der Waals surface area contributed by atoms with Gasteiger partial charge in [0.25, 0.3) is 11.6 Å². The molecule has 4 rings (SSSR count). The molecule has 0 aliphatic rings. The smallest absolute Gasteiger partial charge is 0.269 e. The van der Waals surface area contributed by atoms with E-state index < -0.39 is 4.92 Å². The average Bonchev–Trinajstić information content (AvgIpc) is 3.32. The van der Waals surface area contributed by atoms with Crippen LogP contribution in [0.4, 0.5) is 16.5 Å². The summed E-state index contributed by atoms with van der Waals surface area (Å²) in [6, 6.07) is 19.7. The van der Waals surface area contributed by atoms with E-state index in [0.717, 1.165) is 16.2 Å². The number of halogens is 1. The van der Waals surface area contributed by atoms with Crippen molar-refractivity contribution in [2.75, 3.05) is 16.4 Å². The molecule has 0 unspecified atom stereocenters. The Morgan fingerprint density at radius 2 is 1.77 bits per heavy atom. The Kier molecular flexibility index (Phi) is 7.76. The van der Waals surface area contributed by atoms with Crippen molar-refractivity contribution >= 4 is 63.0 Å². The van der Waals surface area contributed by atoms with E-state index >= 15 is 0 Å². The molecule has 0 radical (unpaired) electrons. The molecule has 0 saturated carbocycles. The van der Waals surface area contributed by atoms with E-state index in [1.165, 1.54) is 47.4 Å². The highest BCUT2D eigenvalue weighted by Gasteiger charge is 2.12. The fraction of sp³-hybridized carbons (Fsp3) is 0.0417. The molecule has 3 aromatic carbocycles. The third kappa shape index (κ3) is 6.66. The van der Waals surface area contributed by atoms with E-state index in [4.69, 9.17) is 11.6 Å². The minimum Gasteiger partial charge on any atom is -0.322 e. The zero-order valence-corrected chi connectivity index (χ0v) is 20.3. The summed E-state index contributed by atoms with van der Waals surface area (Å²) in [5.74, 6) is -0.428. The van der Waals surface area contributed by atoms with Crippen LogP contribution in [0.2, 0.25) is 5.02 Å². The summed E-state index contributed by atoms with van der Waals surface area (Å²) in [4.78, 5) is 40.3. The number of hydrogen-bond acceptors (Lipinski definition) is 7. The number of nitro benzene ring substituents is 1.